The van der Waals surface area contributed by atoms with E-state index in [0.29, 0.717) is 19.5 Å². The number of sulfonamides is 1. The van der Waals surface area contributed by atoms with E-state index in [1.54, 1.807) is 13.1 Å². The molecule has 20 heavy (non-hydrogen) atoms. The van der Waals surface area contributed by atoms with E-state index in [1.807, 2.05) is 23.1 Å². The van der Waals surface area contributed by atoms with Gasteiger partial charge in [-0.05, 0) is 25.5 Å². The largest absolute Gasteiger partial charge is 0.387 e. The number of nitrogens with zero attached hydrogens (tertiary/aromatic N) is 3. The van der Waals surface area contributed by atoms with Crippen molar-refractivity contribution in [1.29, 1.82) is 0 Å². The maximum atomic E-state index is 11.8. The van der Waals surface area contributed by atoms with Crippen LogP contribution in [-0.2, 0) is 10.0 Å². The molecule has 1 aromatic heterocycles. The van der Waals surface area contributed by atoms with Crippen LogP contribution >= 0.6 is 0 Å². The Balaban J connectivity index is 2.04. The van der Waals surface area contributed by atoms with E-state index in [-0.39, 0.29) is 12.3 Å². The van der Waals surface area contributed by atoms with Crippen molar-refractivity contribution in [3.05, 3.63) is 24.4 Å². The Morgan fingerprint density at radius 1 is 1.50 bits per heavy atom. The fourth-order valence-corrected chi connectivity index (χ4v) is 3.33. The van der Waals surface area contributed by atoms with E-state index in [2.05, 4.69) is 4.98 Å². The summed E-state index contributed by atoms with van der Waals surface area (Å²) >= 11 is 0. The van der Waals surface area contributed by atoms with Crippen molar-refractivity contribution in [2.45, 2.75) is 18.9 Å². The lowest BCUT2D eigenvalue weighted by atomic mass is 10.0. The molecule has 112 valence electrons. The fourth-order valence-electron chi connectivity index (χ4n) is 2.46. The SMILES string of the molecule is CCS(=O)(=O)N(C)C[C@]1(O)CCN(c2ccccn2)C1. The quantitative estimate of drug-likeness (QED) is 0.847. The monoisotopic (exact) mass is 299 g/mol. The molecule has 6 nitrogen and oxygen atoms in total. The van der Waals surface area contributed by atoms with Crippen LogP contribution in [0.4, 0.5) is 5.82 Å². The number of aromatic nitrogens is 1. The first kappa shape index (κ1) is 15.2. The fraction of sp³-hybridized carbons (Fsp3) is 0.615. The predicted octanol–water partition coefficient (Wildman–Crippen LogP) is 0.304. The average molecular weight is 299 g/mol. The van der Waals surface area contributed by atoms with Crippen LogP contribution in [-0.4, -0.2) is 60.8 Å². The number of hydrogen-bond donors (Lipinski definition) is 1. The Kier molecular flexibility index (Phi) is 4.31. The summed E-state index contributed by atoms with van der Waals surface area (Å²) in [7, 11) is -1.75. The van der Waals surface area contributed by atoms with E-state index < -0.39 is 15.6 Å². The van der Waals surface area contributed by atoms with E-state index in [9.17, 15) is 13.5 Å². The molecular formula is C13H21N3O3S. The molecule has 0 bridgehead atoms. The molecule has 0 saturated carbocycles. The second kappa shape index (κ2) is 5.67. The molecule has 1 aliphatic heterocycles. The topological polar surface area (TPSA) is 73.7 Å². The molecule has 0 radical (unpaired) electrons. The van der Waals surface area contributed by atoms with Gasteiger partial charge in [0.15, 0.2) is 0 Å². The van der Waals surface area contributed by atoms with Crippen LogP contribution in [0.15, 0.2) is 24.4 Å². The highest BCUT2D eigenvalue weighted by Gasteiger charge is 2.39. The van der Waals surface area contributed by atoms with Gasteiger partial charge in [0.1, 0.15) is 5.82 Å². The zero-order valence-electron chi connectivity index (χ0n) is 11.9. The summed E-state index contributed by atoms with van der Waals surface area (Å²) in [4.78, 5) is 6.23. The third kappa shape index (κ3) is 3.28. The minimum absolute atomic E-state index is 0.0452. The number of aliphatic hydroxyl groups is 1. The van der Waals surface area contributed by atoms with Crippen molar-refractivity contribution < 1.29 is 13.5 Å². The average Bonchev–Trinajstić information content (AvgIpc) is 2.82. The highest BCUT2D eigenvalue weighted by Crippen LogP contribution is 2.26. The van der Waals surface area contributed by atoms with Crippen molar-refractivity contribution in [3.8, 4) is 0 Å². The molecule has 0 spiro atoms. The number of hydrogen-bond acceptors (Lipinski definition) is 5. The number of likely N-dealkylation sites (N-methyl/N-ethyl adjacent to an activating group) is 1. The van der Waals surface area contributed by atoms with Crippen molar-refractivity contribution in [3.63, 3.8) is 0 Å². The molecule has 0 aromatic carbocycles. The third-order valence-corrected chi connectivity index (χ3v) is 5.47. The molecule has 1 aromatic rings. The molecule has 2 rings (SSSR count). The normalized spacial score (nSPS) is 23.5. The number of rotatable bonds is 5. The van der Waals surface area contributed by atoms with Gasteiger partial charge in [0, 0.05) is 32.9 Å². The van der Waals surface area contributed by atoms with Gasteiger partial charge >= 0.3 is 0 Å². The van der Waals surface area contributed by atoms with E-state index >= 15 is 0 Å². The van der Waals surface area contributed by atoms with Crippen molar-refractivity contribution in [1.82, 2.24) is 9.29 Å². The molecule has 0 amide bonds. The Morgan fingerprint density at radius 3 is 2.85 bits per heavy atom. The zero-order chi connectivity index (χ0) is 14.8. The first-order valence-electron chi connectivity index (χ1n) is 6.69. The molecule has 1 saturated heterocycles. The van der Waals surface area contributed by atoms with Crippen LogP contribution in [0.25, 0.3) is 0 Å². The van der Waals surface area contributed by atoms with Gasteiger partial charge in [-0.1, -0.05) is 6.07 Å². The van der Waals surface area contributed by atoms with Crippen molar-refractivity contribution in [2.75, 3.05) is 37.3 Å². The second-order valence-corrected chi connectivity index (χ2v) is 7.60. The van der Waals surface area contributed by atoms with E-state index in [0.717, 1.165) is 5.82 Å². The molecule has 1 N–H and O–H groups in total. The van der Waals surface area contributed by atoms with Crippen LogP contribution in [0, 0.1) is 0 Å². The summed E-state index contributed by atoms with van der Waals surface area (Å²) < 4.78 is 24.8. The number of β-amino-alcohol motifs (C(OH)–C–C–N with tert-alkyl or cyclic N) is 1. The van der Waals surface area contributed by atoms with Crippen molar-refractivity contribution >= 4 is 15.8 Å². The first-order valence-corrected chi connectivity index (χ1v) is 8.30. The zero-order valence-corrected chi connectivity index (χ0v) is 12.7. The van der Waals surface area contributed by atoms with Gasteiger partial charge in [0.25, 0.3) is 0 Å². The molecule has 7 heteroatoms. The Labute approximate surface area is 120 Å². The van der Waals surface area contributed by atoms with E-state index in [4.69, 9.17) is 0 Å². The summed E-state index contributed by atoms with van der Waals surface area (Å²) in [5, 5.41) is 10.6. The van der Waals surface area contributed by atoms with Crippen LogP contribution < -0.4 is 4.90 Å². The smallest absolute Gasteiger partial charge is 0.213 e. The Morgan fingerprint density at radius 2 is 2.25 bits per heavy atom. The predicted molar refractivity (Wildman–Crippen MR) is 78.1 cm³/mol. The maximum absolute atomic E-state index is 11.8. The lowest BCUT2D eigenvalue weighted by Gasteiger charge is -2.28. The van der Waals surface area contributed by atoms with Gasteiger partial charge in [-0.3, -0.25) is 0 Å². The maximum Gasteiger partial charge on any atom is 0.213 e. The minimum atomic E-state index is -3.27. The van der Waals surface area contributed by atoms with Crippen LogP contribution in [0.5, 0.6) is 0 Å². The Hall–Kier alpha value is -1.18. The number of anilines is 1. The summed E-state index contributed by atoms with van der Waals surface area (Å²) in [6, 6.07) is 5.62. The summed E-state index contributed by atoms with van der Waals surface area (Å²) in [5.74, 6) is 0.855. The van der Waals surface area contributed by atoms with Gasteiger partial charge in [-0.25, -0.2) is 17.7 Å². The molecule has 1 aliphatic rings. The molecular weight excluding hydrogens is 278 g/mol. The van der Waals surface area contributed by atoms with Crippen molar-refractivity contribution in [2.24, 2.45) is 0 Å². The van der Waals surface area contributed by atoms with Crippen LogP contribution in [0.2, 0.25) is 0 Å². The molecule has 2 heterocycles. The van der Waals surface area contributed by atoms with Gasteiger partial charge in [0.2, 0.25) is 10.0 Å². The summed E-state index contributed by atoms with van der Waals surface area (Å²) in [6.07, 6.45) is 2.24. The molecule has 1 atom stereocenters. The molecule has 1 fully saturated rings. The number of pyridine rings is 1. The second-order valence-electron chi connectivity index (χ2n) is 5.24. The van der Waals surface area contributed by atoms with Crippen LogP contribution in [0.3, 0.4) is 0 Å². The standard InChI is InChI=1S/C13H21N3O3S/c1-3-20(18,19)15(2)10-13(17)7-9-16(11-13)12-6-4-5-8-14-12/h4-6,8,17H,3,7,9-11H2,1-2H3/t13-/m1/s1. The highest BCUT2D eigenvalue weighted by atomic mass is 32.2. The summed E-state index contributed by atoms with van der Waals surface area (Å²) in [6.45, 7) is 2.79. The first-order chi connectivity index (χ1) is 9.36. The van der Waals surface area contributed by atoms with E-state index in [1.165, 1.54) is 11.4 Å². The van der Waals surface area contributed by atoms with Gasteiger partial charge in [-0.15, -0.1) is 0 Å². The minimum Gasteiger partial charge on any atom is -0.387 e. The van der Waals surface area contributed by atoms with Gasteiger partial charge in [0.05, 0.1) is 11.4 Å². The molecule has 0 aliphatic carbocycles. The van der Waals surface area contributed by atoms with Gasteiger partial charge < -0.3 is 10.0 Å². The molecule has 0 unspecified atom stereocenters. The van der Waals surface area contributed by atoms with Gasteiger partial charge in [-0.2, -0.15) is 0 Å². The summed E-state index contributed by atoms with van der Waals surface area (Å²) in [5.41, 5.74) is -1.02. The highest BCUT2D eigenvalue weighted by molar-refractivity contribution is 7.89. The van der Waals surface area contributed by atoms with Crippen LogP contribution in [0.1, 0.15) is 13.3 Å². The lowest BCUT2D eigenvalue weighted by Crippen LogP contribution is -2.46. The lowest BCUT2D eigenvalue weighted by molar-refractivity contribution is 0.0479. The Bertz CT molecular complexity index is 549. The third-order valence-electron chi connectivity index (χ3n) is 3.66.